The van der Waals surface area contributed by atoms with Crippen molar-refractivity contribution in [2.24, 2.45) is 0 Å². The monoisotopic (exact) mass is 272 g/mol. The molecule has 0 saturated heterocycles. The second-order valence-corrected chi connectivity index (χ2v) is 4.89. The maximum absolute atomic E-state index is 3.52. The molecule has 0 fully saturated rings. The van der Waals surface area contributed by atoms with Gasteiger partial charge in [-0.25, -0.2) is 6.07 Å². The van der Waals surface area contributed by atoms with Gasteiger partial charge in [-0.2, -0.15) is 23.8 Å². The van der Waals surface area contributed by atoms with Crippen LogP contribution < -0.4 is 0 Å². The minimum Gasteiger partial charge on any atom is -0.361 e. The standard InChI is InChI=1S/C14H11BrN/c15-12-5-6-14-13(8-12)11(9-16-14)7-10-3-1-2-4-10/h1-6,8-9,16H,7H2/q-1. The van der Waals surface area contributed by atoms with Crippen LogP contribution in [0.3, 0.4) is 0 Å². The summed E-state index contributed by atoms with van der Waals surface area (Å²) in [5, 5.41) is 1.30. The lowest BCUT2D eigenvalue weighted by atomic mass is 10.1. The number of benzene rings is 1. The molecule has 1 N–H and O–H groups in total. The van der Waals surface area contributed by atoms with E-state index in [4.69, 9.17) is 0 Å². The van der Waals surface area contributed by atoms with E-state index in [1.165, 1.54) is 22.0 Å². The molecule has 0 amide bonds. The van der Waals surface area contributed by atoms with E-state index in [2.05, 4.69) is 69.6 Å². The van der Waals surface area contributed by atoms with Crippen molar-refractivity contribution in [2.75, 3.05) is 0 Å². The first kappa shape index (κ1) is 9.79. The fraction of sp³-hybridized carbons (Fsp3) is 0.0714. The van der Waals surface area contributed by atoms with Crippen molar-refractivity contribution in [3.8, 4) is 0 Å². The Kier molecular flexibility index (Phi) is 2.37. The smallest absolute Gasteiger partial charge is 0.0457 e. The van der Waals surface area contributed by atoms with E-state index in [0.29, 0.717) is 0 Å². The Morgan fingerprint density at radius 1 is 1.25 bits per heavy atom. The summed E-state index contributed by atoms with van der Waals surface area (Å²) < 4.78 is 1.13. The number of aromatic nitrogens is 1. The van der Waals surface area contributed by atoms with Gasteiger partial charge in [-0.15, -0.1) is 0 Å². The van der Waals surface area contributed by atoms with Crippen LogP contribution in [0.4, 0.5) is 0 Å². The van der Waals surface area contributed by atoms with Crippen LogP contribution in [-0.4, -0.2) is 4.98 Å². The number of aromatic amines is 1. The summed E-state index contributed by atoms with van der Waals surface area (Å²) in [6, 6.07) is 14.8. The minimum atomic E-state index is 0.990. The van der Waals surface area contributed by atoms with E-state index in [1.807, 2.05) is 0 Å². The van der Waals surface area contributed by atoms with Crippen molar-refractivity contribution in [2.45, 2.75) is 6.42 Å². The van der Waals surface area contributed by atoms with Crippen LogP contribution in [0, 0.1) is 0 Å². The predicted octanol–water partition coefficient (Wildman–Crippen LogP) is 4.24. The summed E-state index contributed by atoms with van der Waals surface area (Å²) in [5.74, 6) is 0. The van der Waals surface area contributed by atoms with Crippen molar-refractivity contribution in [1.29, 1.82) is 0 Å². The number of fused-ring (bicyclic) bond motifs is 1. The fourth-order valence-corrected chi connectivity index (χ4v) is 2.41. The predicted molar refractivity (Wildman–Crippen MR) is 70.8 cm³/mol. The lowest BCUT2D eigenvalue weighted by Gasteiger charge is -2.02. The molecule has 0 radical (unpaired) electrons. The minimum absolute atomic E-state index is 0.990. The Bertz CT molecular complexity index is 605. The molecule has 0 bridgehead atoms. The second kappa shape index (κ2) is 3.87. The zero-order valence-corrected chi connectivity index (χ0v) is 10.3. The molecule has 3 rings (SSSR count). The quantitative estimate of drug-likeness (QED) is 0.672. The topological polar surface area (TPSA) is 15.8 Å². The van der Waals surface area contributed by atoms with Crippen LogP contribution in [0.25, 0.3) is 10.9 Å². The third-order valence-electron chi connectivity index (χ3n) is 2.86. The Morgan fingerprint density at radius 2 is 2.19 bits per heavy atom. The molecule has 16 heavy (non-hydrogen) atoms. The van der Waals surface area contributed by atoms with Gasteiger partial charge < -0.3 is 4.98 Å². The van der Waals surface area contributed by atoms with Crippen molar-refractivity contribution in [3.63, 3.8) is 0 Å². The second-order valence-electron chi connectivity index (χ2n) is 3.97. The molecular formula is C14H11BrN-. The molecule has 1 heterocycles. The van der Waals surface area contributed by atoms with Gasteiger partial charge in [0.25, 0.3) is 0 Å². The first-order chi connectivity index (χ1) is 7.83. The third kappa shape index (κ3) is 1.69. The van der Waals surface area contributed by atoms with Crippen molar-refractivity contribution >= 4 is 26.8 Å². The summed E-state index contributed by atoms with van der Waals surface area (Å²) in [6.07, 6.45) is 3.09. The largest absolute Gasteiger partial charge is 0.361 e. The van der Waals surface area contributed by atoms with E-state index in [0.717, 1.165) is 10.9 Å². The molecule has 0 saturated carbocycles. The highest BCUT2D eigenvalue weighted by Gasteiger charge is 2.02. The van der Waals surface area contributed by atoms with E-state index in [1.54, 1.807) is 0 Å². The summed E-state index contributed by atoms with van der Waals surface area (Å²) in [7, 11) is 0. The van der Waals surface area contributed by atoms with Crippen molar-refractivity contribution < 1.29 is 0 Å². The van der Waals surface area contributed by atoms with Crippen LogP contribution >= 0.6 is 15.9 Å². The normalized spacial score (nSPS) is 11.1. The first-order valence-electron chi connectivity index (χ1n) is 5.29. The van der Waals surface area contributed by atoms with E-state index in [-0.39, 0.29) is 0 Å². The van der Waals surface area contributed by atoms with Crippen LogP contribution in [0.2, 0.25) is 0 Å². The Morgan fingerprint density at radius 3 is 3.00 bits per heavy atom. The number of hydrogen-bond acceptors (Lipinski definition) is 0. The molecule has 1 nitrogen and oxygen atoms in total. The van der Waals surface area contributed by atoms with Gasteiger partial charge in [0.1, 0.15) is 0 Å². The Labute approximate surface area is 103 Å². The Balaban J connectivity index is 2.07. The van der Waals surface area contributed by atoms with Gasteiger partial charge in [-0.1, -0.05) is 22.4 Å². The lowest BCUT2D eigenvalue weighted by molar-refractivity contribution is 1.22. The maximum atomic E-state index is 3.52. The van der Waals surface area contributed by atoms with E-state index >= 15 is 0 Å². The molecule has 3 aromatic rings. The molecular weight excluding hydrogens is 262 g/mol. The highest BCUT2D eigenvalue weighted by atomic mass is 79.9. The molecule has 0 atom stereocenters. The third-order valence-corrected chi connectivity index (χ3v) is 3.35. The molecule has 1 aromatic heterocycles. The fourth-order valence-electron chi connectivity index (χ4n) is 2.05. The summed E-state index contributed by atoms with van der Waals surface area (Å²) >= 11 is 3.52. The van der Waals surface area contributed by atoms with Gasteiger partial charge in [0, 0.05) is 21.6 Å². The highest BCUT2D eigenvalue weighted by Crippen LogP contribution is 2.24. The molecule has 80 valence electrons. The number of halogens is 1. The van der Waals surface area contributed by atoms with Gasteiger partial charge in [-0.3, -0.25) is 0 Å². The summed E-state index contributed by atoms with van der Waals surface area (Å²) in [5.41, 5.74) is 3.91. The van der Waals surface area contributed by atoms with Gasteiger partial charge >= 0.3 is 0 Å². The van der Waals surface area contributed by atoms with Gasteiger partial charge in [0.15, 0.2) is 0 Å². The van der Waals surface area contributed by atoms with Crippen LogP contribution in [-0.2, 0) is 6.42 Å². The summed E-state index contributed by atoms with van der Waals surface area (Å²) in [4.78, 5) is 3.31. The number of nitrogens with one attached hydrogen (secondary N) is 1. The number of H-pyrrole nitrogens is 1. The zero-order valence-electron chi connectivity index (χ0n) is 8.70. The van der Waals surface area contributed by atoms with Crippen molar-refractivity contribution in [3.05, 3.63) is 64.3 Å². The van der Waals surface area contributed by atoms with E-state index in [9.17, 15) is 0 Å². The Hall–Kier alpha value is -1.41. The average molecular weight is 273 g/mol. The molecule has 0 aliphatic rings. The van der Waals surface area contributed by atoms with Crippen LogP contribution in [0.1, 0.15) is 11.1 Å². The number of hydrogen-bond donors (Lipinski definition) is 1. The van der Waals surface area contributed by atoms with Gasteiger partial charge in [0.05, 0.1) is 0 Å². The lowest BCUT2D eigenvalue weighted by Crippen LogP contribution is -1.82. The molecule has 0 aliphatic heterocycles. The van der Waals surface area contributed by atoms with Crippen molar-refractivity contribution in [1.82, 2.24) is 4.98 Å². The van der Waals surface area contributed by atoms with Crippen LogP contribution in [0.15, 0.2) is 53.1 Å². The molecule has 0 unspecified atom stereocenters. The van der Waals surface area contributed by atoms with Gasteiger partial charge in [0.2, 0.25) is 0 Å². The zero-order chi connectivity index (χ0) is 11.0. The summed E-state index contributed by atoms with van der Waals surface area (Å²) in [6.45, 7) is 0. The molecule has 2 aromatic carbocycles. The number of rotatable bonds is 2. The van der Waals surface area contributed by atoms with E-state index < -0.39 is 0 Å². The average Bonchev–Trinajstić information content (AvgIpc) is 2.90. The molecule has 2 heteroatoms. The van der Waals surface area contributed by atoms with Crippen LogP contribution in [0.5, 0.6) is 0 Å². The molecule has 0 aliphatic carbocycles. The first-order valence-corrected chi connectivity index (χ1v) is 6.08. The maximum Gasteiger partial charge on any atom is 0.0457 e. The molecule has 0 spiro atoms. The highest BCUT2D eigenvalue weighted by molar-refractivity contribution is 9.10. The SMILES string of the molecule is Brc1ccc2[nH]cc(Cc3cc[cH-]c3)c2c1. The van der Waals surface area contributed by atoms with Gasteiger partial charge in [-0.05, 0) is 23.8 Å².